The minimum Gasteiger partial charge on any atom is -0.497 e. The zero-order valence-electron chi connectivity index (χ0n) is 12.8. The van der Waals surface area contributed by atoms with E-state index in [-0.39, 0.29) is 0 Å². The number of ether oxygens (including phenoxy) is 1. The molecule has 4 nitrogen and oxygen atoms in total. The average molecular weight is 293 g/mol. The first-order chi connectivity index (χ1) is 10.8. The van der Waals surface area contributed by atoms with Crippen LogP contribution in [0.1, 0.15) is 19.2 Å². The van der Waals surface area contributed by atoms with Crippen LogP contribution in [0.5, 0.6) is 5.75 Å². The molecule has 0 unspecified atom stereocenters. The summed E-state index contributed by atoms with van der Waals surface area (Å²) in [5, 5.41) is 4.41. The molecule has 0 bridgehead atoms. The number of benzene rings is 2. The fourth-order valence-corrected chi connectivity index (χ4v) is 2.39. The fraction of sp³-hybridized carbons (Fsp3) is 0.222. The summed E-state index contributed by atoms with van der Waals surface area (Å²) in [5.74, 6) is 2.52. The number of aromatic nitrogens is 2. The molecular weight excluding hydrogens is 274 g/mol. The lowest BCUT2D eigenvalue weighted by atomic mass is 10.2. The SMILES string of the molecule is CCCc1nc(Nc2cccc(OC)c2)c2ccccc2n1. The molecule has 0 saturated heterocycles. The highest BCUT2D eigenvalue weighted by Crippen LogP contribution is 2.26. The van der Waals surface area contributed by atoms with Crippen LogP contribution in [0.3, 0.4) is 0 Å². The van der Waals surface area contributed by atoms with E-state index in [9.17, 15) is 0 Å². The summed E-state index contributed by atoms with van der Waals surface area (Å²) in [4.78, 5) is 9.30. The lowest BCUT2D eigenvalue weighted by Gasteiger charge is -2.11. The third kappa shape index (κ3) is 3.01. The van der Waals surface area contributed by atoms with Crippen LogP contribution in [0.15, 0.2) is 48.5 Å². The number of rotatable bonds is 5. The van der Waals surface area contributed by atoms with Gasteiger partial charge in [-0.25, -0.2) is 9.97 Å². The second-order valence-electron chi connectivity index (χ2n) is 5.11. The summed E-state index contributed by atoms with van der Waals surface area (Å²) in [6, 6.07) is 15.9. The molecule has 0 aliphatic carbocycles. The predicted octanol–water partition coefficient (Wildman–Crippen LogP) is 4.33. The molecular formula is C18H19N3O. The predicted molar refractivity (Wildman–Crippen MR) is 89.8 cm³/mol. The molecule has 0 aliphatic heterocycles. The van der Waals surface area contributed by atoms with Crippen molar-refractivity contribution < 1.29 is 4.74 Å². The second kappa shape index (κ2) is 6.43. The molecule has 2 aromatic carbocycles. The number of aryl methyl sites for hydroxylation is 1. The largest absolute Gasteiger partial charge is 0.497 e. The van der Waals surface area contributed by atoms with Crippen LogP contribution in [0.25, 0.3) is 10.9 Å². The Morgan fingerprint density at radius 2 is 1.91 bits per heavy atom. The van der Waals surface area contributed by atoms with Gasteiger partial charge in [0.05, 0.1) is 12.6 Å². The van der Waals surface area contributed by atoms with Crippen LogP contribution in [0, 0.1) is 0 Å². The van der Waals surface area contributed by atoms with Crippen LogP contribution in [0.4, 0.5) is 11.5 Å². The molecule has 22 heavy (non-hydrogen) atoms. The van der Waals surface area contributed by atoms with Gasteiger partial charge >= 0.3 is 0 Å². The van der Waals surface area contributed by atoms with Crippen LogP contribution < -0.4 is 10.1 Å². The first-order valence-corrected chi connectivity index (χ1v) is 7.47. The molecule has 0 spiro atoms. The van der Waals surface area contributed by atoms with Gasteiger partial charge in [-0.05, 0) is 30.7 Å². The van der Waals surface area contributed by atoms with Crippen molar-refractivity contribution >= 4 is 22.4 Å². The Hall–Kier alpha value is -2.62. The van der Waals surface area contributed by atoms with Crippen molar-refractivity contribution in [3.05, 3.63) is 54.4 Å². The highest BCUT2D eigenvalue weighted by molar-refractivity contribution is 5.90. The molecule has 112 valence electrons. The molecule has 0 saturated carbocycles. The number of anilines is 2. The van der Waals surface area contributed by atoms with Gasteiger partial charge in [-0.1, -0.05) is 25.1 Å². The van der Waals surface area contributed by atoms with E-state index in [4.69, 9.17) is 4.74 Å². The van der Waals surface area contributed by atoms with E-state index in [1.54, 1.807) is 7.11 Å². The Labute approximate surface area is 130 Å². The standard InChI is InChI=1S/C18H19N3O/c1-3-7-17-20-16-11-5-4-10-15(16)18(21-17)19-13-8-6-9-14(12-13)22-2/h4-6,8-12H,3,7H2,1-2H3,(H,19,20,21). The van der Waals surface area contributed by atoms with Gasteiger partial charge in [0.25, 0.3) is 0 Å². The number of para-hydroxylation sites is 1. The van der Waals surface area contributed by atoms with E-state index in [1.807, 2.05) is 48.5 Å². The summed E-state index contributed by atoms with van der Waals surface area (Å²) >= 11 is 0. The number of hydrogen-bond acceptors (Lipinski definition) is 4. The van der Waals surface area contributed by atoms with Crippen LogP contribution in [0.2, 0.25) is 0 Å². The summed E-state index contributed by atoms with van der Waals surface area (Å²) in [6.45, 7) is 2.13. The quantitative estimate of drug-likeness (QED) is 0.760. The maximum Gasteiger partial charge on any atom is 0.142 e. The van der Waals surface area contributed by atoms with E-state index in [1.165, 1.54) is 0 Å². The van der Waals surface area contributed by atoms with Crippen LogP contribution in [-0.2, 0) is 6.42 Å². The first-order valence-electron chi connectivity index (χ1n) is 7.47. The van der Waals surface area contributed by atoms with E-state index in [2.05, 4.69) is 22.2 Å². The molecule has 1 aromatic heterocycles. The van der Waals surface area contributed by atoms with Crippen molar-refractivity contribution in [3.8, 4) is 5.75 Å². The Bertz CT molecular complexity index is 786. The van der Waals surface area contributed by atoms with E-state index in [0.717, 1.165) is 46.8 Å². The van der Waals surface area contributed by atoms with Crippen molar-refractivity contribution in [1.82, 2.24) is 9.97 Å². The Kier molecular flexibility index (Phi) is 4.19. The van der Waals surface area contributed by atoms with Crippen molar-refractivity contribution in [1.29, 1.82) is 0 Å². The topological polar surface area (TPSA) is 47.0 Å². The van der Waals surface area contributed by atoms with Gasteiger partial charge in [-0.15, -0.1) is 0 Å². The molecule has 0 atom stereocenters. The lowest BCUT2D eigenvalue weighted by Crippen LogP contribution is -2.01. The van der Waals surface area contributed by atoms with Gasteiger partial charge in [0.2, 0.25) is 0 Å². The van der Waals surface area contributed by atoms with Crippen molar-refractivity contribution in [2.45, 2.75) is 19.8 Å². The van der Waals surface area contributed by atoms with E-state index in [0.29, 0.717) is 0 Å². The van der Waals surface area contributed by atoms with Gasteiger partial charge in [0.15, 0.2) is 0 Å². The van der Waals surface area contributed by atoms with E-state index < -0.39 is 0 Å². The lowest BCUT2D eigenvalue weighted by molar-refractivity contribution is 0.415. The zero-order valence-corrected chi connectivity index (χ0v) is 12.8. The van der Waals surface area contributed by atoms with Gasteiger partial charge in [-0.3, -0.25) is 0 Å². The minimum atomic E-state index is 0.817. The molecule has 3 aromatic rings. The smallest absolute Gasteiger partial charge is 0.142 e. The molecule has 3 rings (SSSR count). The van der Waals surface area contributed by atoms with Gasteiger partial charge in [0, 0.05) is 23.6 Å². The molecule has 1 heterocycles. The zero-order chi connectivity index (χ0) is 15.4. The van der Waals surface area contributed by atoms with E-state index >= 15 is 0 Å². The average Bonchev–Trinajstić information content (AvgIpc) is 2.55. The maximum atomic E-state index is 5.27. The molecule has 0 radical (unpaired) electrons. The normalized spacial score (nSPS) is 10.6. The number of hydrogen-bond donors (Lipinski definition) is 1. The highest BCUT2D eigenvalue weighted by Gasteiger charge is 2.07. The first kappa shape index (κ1) is 14.3. The summed E-state index contributed by atoms with van der Waals surface area (Å²) in [6.07, 6.45) is 1.90. The number of methoxy groups -OCH3 is 1. The Morgan fingerprint density at radius 3 is 2.73 bits per heavy atom. The fourth-order valence-electron chi connectivity index (χ4n) is 2.39. The molecule has 0 aliphatic rings. The molecule has 0 amide bonds. The summed E-state index contributed by atoms with van der Waals surface area (Å²) < 4.78 is 5.27. The third-order valence-electron chi connectivity index (χ3n) is 3.46. The minimum absolute atomic E-state index is 0.817. The van der Waals surface area contributed by atoms with Gasteiger partial charge in [0.1, 0.15) is 17.4 Å². The number of fused-ring (bicyclic) bond motifs is 1. The third-order valence-corrected chi connectivity index (χ3v) is 3.46. The number of nitrogens with zero attached hydrogens (tertiary/aromatic N) is 2. The Balaban J connectivity index is 2.04. The second-order valence-corrected chi connectivity index (χ2v) is 5.11. The van der Waals surface area contributed by atoms with Crippen molar-refractivity contribution in [2.75, 3.05) is 12.4 Å². The van der Waals surface area contributed by atoms with Gasteiger partial charge in [-0.2, -0.15) is 0 Å². The molecule has 4 heteroatoms. The van der Waals surface area contributed by atoms with Crippen LogP contribution in [-0.4, -0.2) is 17.1 Å². The Morgan fingerprint density at radius 1 is 1.05 bits per heavy atom. The highest BCUT2D eigenvalue weighted by atomic mass is 16.5. The van der Waals surface area contributed by atoms with Crippen LogP contribution >= 0.6 is 0 Å². The molecule has 1 N–H and O–H groups in total. The summed E-state index contributed by atoms with van der Waals surface area (Å²) in [7, 11) is 1.67. The van der Waals surface area contributed by atoms with Gasteiger partial charge < -0.3 is 10.1 Å². The monoisotopic (exact) mass is 293 g/mol. The van der Waals surface area contributed by atoms with Crippen molar-refractivity contribution in [3.63, 3.8) is 0 Å². The molecule has 0 fully saturated rings. The summed E-state index contributed by atoms with van der Waals surface area (Å²) in [5.41, 5.74) is 1.91. The number of nitrogens with one attached hydrogen (secondary N) is 1. The van der Waals surface area contributed by atoms with Crippen molar-refractivity contribution in [2.24, 2.45) is 0 Å². The maximum absolute atomic E-state index is 5.27.